The smallest absolute Gasteiger partial charge is 0.339 e. The number of fused-ring (bicyclic) bond motifs is 2. The molecule has 272 valence electrons. The van der Waals surface area contributed by atoms with E-state index in [1.54, 1.807) is 4.57 Å². The van der Waals surface area contributed by atoms with Crippen LogP contribution in [0.5, 0.6) is 0 Å². The Bertz CT molecular complexity index is 1180. The molecule has 2 aromatic rings. The van der Waals surface area contributed by atoms with E-state index in [4.69, 9.17) is 0 Å². The maximum absolute atomic E-state index is 12.5. The zero-order valence-electron chi connectivity index (χ0n) is 32.1. The van der Waals surface area contributed by atoms with Crippen LogP contribution in [0.1, 0.15) is 222 Å². The lowest BCUT2D eigenvalue weighted by Crippen LogP contribution is -2.26. The van der Waals surface area contributed by atoms with Gasteiger partial charge in [-0.15, -0.1) is 0 Å². The van der Waals surface area contributed by atoms with Crippen molar-refractivity contribution >= 4 is 11.5 Å². The summed E-state index contributed by atoms with van der Waals surface area (Å²) in [6.45, 7) is 6.87. The van der Waals surface area contributed by atoms with Crippen LogP contribution in [-0.4, -0.2) is 9.55 Å². The molecular formula is C44H75N3O. The van der Waals surface area contributed by atoms with Crippen LogP contribution < -0.4 is 11.0 Å². The zero-order chi connectivity index (χ0) is 34.2. The van der Waals surface area contributed by atoms with Crippen LogP contribution in [0.4, 0.5) is 11.5 Å². The van der Waals surface area contributed by atoms with E-state index in [1.807, 2.05) is 13.2 Å². The standard InChI is InChI=1S/C44H75N3O/c1-5-7-9-11-13-15-17-19-20-21-22-24-26-28-30-32-38-34-35-40-39(33-31-29-27-25-23-18-16-14-12-10-8-6-2)41-36-47(4)44(48)46-43(41)45-42(40)37(38)3/h34-36,39H,5-33H2,1-4H3,(H,45,46,48). The summed E-state index contributed by atoms with van der Waals surface area (Å²) in [5.41, 5.74) is 6.41. The Hall–Kier alpha value is -2.10. The van der Waals surface area contributed by atoms with Crippen molar-refractivity contribution in [1.82, 2.24) is 9.55 Å². The number of nitrogens with zero attached hydrogens (tertiary/aromatic N) is 2. The van der Waals surface area contributed by atoms with E-state index >= 15 is 0 Å². The lowest BCUT2D eigenvalue weighted by molar-refractivity contribution is 0.531. The number of hydrogen-bond donors (Lipinski definition) is 1. The van der Waals surface area contributed by atoms with Gasteiger partial charge in [-0.1, -0.05) is 193 Å². The van der Waals surface area contributed by atoms with Gasteiger partial charge < -0.3 is 9.88 Å². The van der Waals surface area contributed by atoms with Gasteiger partial charge in [0.05, 0.1) is 0 Å². The molecule has 1 unspecified atom stereocenters. The van der Waals surface area contributed by atoms with Gasteiger partial charge in [-0.2, -0.15) is 4.98 Å². The molecule has 4 heteroatoms. The van der Waals surface area contributed by atoms with Crippen LogP contribution in [0, 0.1) is 6.92 Å². The van der Waals surface area contributed by atoms with Crippen molar-refractivity contribution in [2.45, 2.75) is 213 Å². The van der Waals surface area contributed by atoms with Gasteiger partial charge in [0.15, 0.2) is 0 Å². The third kappa shape index (κ3) is 14.8. The minimum absolute atomic E-state index is 0.180. The number of rotatable bonds is 29. The summed E-state index contributed by atoms with van der Waals surface area (Å²) >= 11 is 0. The molecule has 4 nitrogen and oxygen atoms in total. The maximum atomic E-state index is 12.5. The summed E-state index contributed by atoms with van der Waals surface area (Å²) < 4.78 is 1.65. The Balaban J connectivity index is 1.39. The minimum atomic E-state index is -0.180. The average Bonchev–Trinajstić information content (AvgIpc) is 3.08. The third-order valence-electron chi connectivity index (χ3n) is 11.1. The monoisotopic (exact) mass is 662 g/mol. The van der Waals surface area contributed by atoms with Gasteiger partial charge >= 0.3 is 5.69 Å². The van der Waals surface area contributed by atoms with Gasteiger partial charge in [0, 0.05) is 30.4 Å². The lowest BCUT2D eigenvalue weighted by Gasteiger charge is -2.31. The Morgan fingerprint density at radius 3 is 1.52 bits per heavy atom. The van der Waals surface area contributed by atoms with Crippen LogP contribution in [0.3, 0.4) is 0 Å². The predicted molar refractivity (Wildman–Crippen MR) is 210 cm³/mol. The van der Waals surface area contributed by atoms with Crippen LogP contribution in [0.2, 0.25) is 0 Å². The number of aryl methyl sites for hydroxylation is 2. The van der Waals surface area contributed by atoms with Gasteiger partial charge in [0.2, 0.25) is 0 Å². The molecule has 0 fully saturated rings. The van der Waals surface area contributed by atoms with E-state index < -0.39 is 0 Å². The first-order chi connectivity index (χ1) is 23.6. The highest BCUT2D eigenvalue weighted by Gasteiger charge is 2.29. The summed E-state index contributed by atoms with van der Waals surface area (Å²) in [6, 6.07) is 4.78. The van der Waals surface area contributed by atoms with Crippen LogP contribution in [-0.2, 0) is 13.5 Å². The normalized spacial score (nSPS) is 13.8. The fourth-order valence-corrected chi connectivity index (χ4v) is 7.90. The summed E-state index contributed by atoms with van der Waals surface area (Å²) in [4.78, 5) is 17.0. The largest absolute Gasteiger partial charge is 0.349 e. The van der Waals surface area contributed by atoms with Crippen molar-refractivity contribution in [2.24, 2.45) is 7.05 Å². The fourth-order valence-electron chi connectivity index (χ4n) is 7.90. The van der Waals surface area contributed by atoms with Gasteiger partial charge in [-0.05, 0) is 42.9 Å². The number of anilines is 2. The maximum Gasteiger partial charge on any atom is 0.349 e. The average molecular weight is 662 g/mol. The van der Waals surface area contributed by atoms with E-state index in [1.165, 1.54) is 201 Å². The molecule has 1 aromatic carbocycles. The number of benzene rings is 1. The van der Waals surface area contributed by atoms with Crippen LogP contribution in [0.25, 0.3) is 0 Å². The molecule has 0 saturated heterocycles. The topological polar surface area (TPSA) is 46.9 Å². The SMILES string of the molecule is CCCCCCCCCCCCCCCCCc1ccc2c(c1C)Nc1nc(=O)n(C)cc1C2CCCCCCCCCCCCCC. The Kier molecular flexibility index (Phi) is 21.0. The lowest BCUT2D eigenvalue weighted by atomic mass is 9.82. The molecule has 0 amide bonds. The Morgan fingerprint density at radius 2 is 1.04 bits per heavy atom. The Labute approximate surface area is 296 Å². The minimum Gasteiger partial charge on any atom is -0.339 e. The zero-order valence-corrected chi connectivity index (χ0v) is 32.1. The van der Waals surface area contributed by atoms with Gasteiger partial charge in [-0.3, -0.25) is 0 Å². The molecule has 1 aromatic heterocycles. The summed E-state index contributed by atoms with van der Waals surface area (Å²) in [5.74, 6) is 1.08. The predicted octanol–water partition coefficient (Wildman–Crippen LogP) is 13.8. The van der Waals surface area contributed by atoms with E-state index in [0.717, 1.165) is 18.7 Å². The molecule has 0 saturated carbocycles. The third-order valence-corrected chi connectivity index (χ3v) is 11.1. The number of hydrogen-bond acceptors (Lipinski definition) is 3. The molecule has 0 aliphatic carbocycles. The summed E-state index contributed by atoms with van der Waals surface area (Å²) in [5, 5.41) is 3.62. The first-order valence-electron chi connectivity index (χ1n) is 21.0. The van der Waals surface area contributed by atoms with E-state index in [0.29, 0.717) is 5.92 Å². The van der Waals surface area contributed by atoms with E-state index in [9.17, 15) is 4.79 Å². The molecule has 1 N–H and O–H groups in total. The Morgan fingerprint density at radius 1 is 0.604 bits per heavy atom. The molecule has 48 heavy (non-hydrogen) atoms. The molecule has 3 rings (SSSR count). The molecule has 1 aliphatic heterocycles. The second-order valence-electron chi connectivity index (χ2n) is 15.3. The second kappa shape index (κ2) is 24.9. The molecule has 0 radical (unpaired) electrons. The van der Waals surface area contributed by atoms with Gasteiger partial charge in [0.25, 0.3) is 0 Å². The van der Waals surface area contributed by atoms with Gasteiger partial charge in [0.1, 0.15) is 5.82 Å². The second-order valence-corrected chi connectivity index (χ2v) is 15.3. The number of aromatic nitrogens is 2. The van der Waals surface area contributed by atoms with E-state index in [2.05, 4.69) is 43.2 Å². The molecule has 1 atom stereocenters. The van der Waals surface area contributed by atoms with Crippen molar-refractivity contribution in [2.75, 3.05) is 5.32 Å². The molecule has 2 heterocycles. The highest BCUT2D eigenvalue weighted by Crippen LogP contribution is 2.44. The highest BCUT2D eigenvalue weighted by atomic mass is 16.1. The van der Waals surface area contributed by atoms with Crippen LogP contribution >= 0.6 is 0 Å². The summed E-state index contributed by atoms with van der Waals surface area (Å²) in [7, 11) is 1.83. The molecule has 1 aliphatic rings. The van der Waals surface area contributed by atoms with Crippen molar-refractivity contribution in [3.63, 3.8) is 0 Å². The van der Waals surface area contributed by atoms with Crippen LogP contribution in [0.15, 0.2) is 23.1 Å². The van der Waals surface area contributed by atoms with Gasteiger partial charge in [-0.25, -0.2) is 4.79 Å². The van der Waals surface area contributed by atoms with Crippen molar-refractivity contribution in [1.29, 1.82) is 0 Å². The van der Waals surface area contributed by atoms with Crippen molar-refractivity contribution < 1.29 is 0 Å². The first-order valence-corrected chi connectivity index (χ1v) is 21.0. The molecule has 0 bridgehead atoms. The highest BCUT2D eigenvalue weighted by molar-refractivity contribution is 5.74. The number of nitrogens with one attached hydrogen (secondary N) is 1. The molecule has 0 spiro atoms. The molecular weight excluding hydrogens is 587 g/mol. The summed E-state index contributed by atoms with van der Waals surface area (Å²) in [6.07, 6.45) is 41.8. The fraction of sp³-hybridized carbons (Fsp3) is 0.773. The quantitative estimate of drug-likeness (QED) is 0.0883. The van der Waals surface area contributed by atoms with E-state index in [-0.39, 0.29) is 5.69 Å². The first kappa shape index (κ1) is 40.3. The van der Waals surface area contributed by atoms with Crippen molar-refractivity contribution in [3.05, 3.63) is 51.1 Å². The number of unbranched alkanes of at least 4 members (excludes halogenated alkanes) is 25. The van der Waals surface area contributed by atoms with Crippen molar-refractivity contribution in [3.8, 4) is 0 Å².